The van der Waals surface area contributed by atoms with Crippen molar-refractivity contribution in [2.45, 2.75) is 6.92 Å². The normalized spacial score (nSPS) is 10.1. The quantitative estimate of drug-likeness (QED) is 0.502. The zero-order valence-corrected chi connectivity index (χ0v) is 9.19. The van der Waals surface area contributed by atoms with E-state index in [0.29, 0.717) is 31.1 Å². The number of benzene rings is 1. The Hall–Kier alpha value is -1.75. The summed E-state index contributed by atoms with van der Waals surface area (Å²) < 4.78 is 5.14. The Morgan fingerprint density at radius 3 is 2.94 bits per heavy atom. The molecule has 0 fully saturated rings. The van der Waals surface area contributed by atoms with Gasteiger partial charge >= 0.3 is 5.97 Å². The second-order valence-electron chi connectivity index (χ2n) is 3.23. The maximum atomic E-state index is 10.9. The zero-order chi connectivity index (χ0) is 12.0. The fraction of sp³-hybridized carbons (Fsp3) is 0.364. The number of aromatic carboxylic acids is 1. The van der Waals surface area contributed by atoms with Crippen LogP contribution in [-0.4, -0.2) is 30.8 Å². The number of carboxylic acids is 1. The third kappa shape index (κ3) is 3.43. The van der Waals surface area contributed by atoms with Gasteiger partial charge in [0.15, 0.2) is 0 Å². The minimum atomic E-state index is -0.994. The molecule has 1 rings (SSSR count). The number of nitrogens with one attached hydrogen (secondary N) is 1. The molecule has 0 aromatic heterocycles. The Morgan fingerprint density at radius 2 is 2.31 bits per heavy atom. The van der Waals surface area contributed by atoms with E-state index >= 15 is 0 Å². The molecule has 0 bridgehead atoms. The van der Waals surface area contributed by atoms with Gasteiger partial charge in [0, 0.05) is 24.5 Å². The smallest absolute Gasteiger partial charge is 0.337 e. The summed E-state index contributed by atoms with van der Waals surface area (Å²) in [4.78, 5) is 10.9. The van der Waals surface area contributed by atoms with Gasteiger partial charge in [0.05, 0.1) is 12.2 Å². The molecule has 0 unspecified atom stereocenters. The molecule has 0 spiro atoms. The van der Waals surface area contributed by atoms with E-state index in [4.69, 9.17) is 15.6 Å². The lowest BCUT2D eigenvalue weighted by Gasteiger charge is -2.10. The summed E-state index contributed by atoms with van der Waals surface area (Å²) in [5.41, 5.74) is 6.70. The first kappa shape index (κ1) is 12.3. The van der Waals surface area contributed by atoms with E-state index in [9.17, 15) is 4.79 Å². The van der Waals surface area contributed by atoms with Gasteiger partial charge in [-0.3, -0.25) is 0 Å². The standard InChI is InChI=1S/C11H16N2O3/c1-2-16-6-5-13-10-4-3-8(12)7-9(10)11(14)15/h3-4,7,13H,2,5-6,12H2,1H3,(H,14,15). The van der Waals surface area contributed by atoms with Crippen LogP contribution in [0.1, 0.15) is 17.3 Å². The summed E-state index contributed by atoms with van der Waals surface area (Å²) in [6, 6.07) is 4.76. The first-order valence-corrected chi connectivity index (χ1v) is 5.09. The number of hydrogen-bond donors (Lipinski definition) is 3. The lowest BCUT2D eigenvalue weighted by Crippen LogP contribution is -2.12. The van der Waals surface area contributed by atoms with Crippen molar-refractivity contribution in [3.8, 4) is 0 Å². The molecule has 0 saturated heterocycles. The number of nitrogens with two attached hydrogens (primary N) is 1. The van der Waals surface area contributed by atoms with Crippen molar-refractivity contribution >= 4 is 17.3 Å². The summed E-state index contributed by atoms with van der Waals surface area (Å²) in [6.07, 6.45) is 0. The van der Waals surface area contributed by atoms with Crippen LogP contribution in [0.25, 0.3) is 0 Å². The largest absolute Gasteiger partial charge is 0.478 e. The average Bonchev–Trinajstić information content (AvgIpc) is 2.26. The second-order valence-corrected chi connectivity index (χ2v) is 3.23. The predicted molar refractivity (Wildman–Crippen MR) is 62.8 cm³/mol. The van der Waals surface area contributed by atoms with Crippen molar-refractivity contribution in [1.29, 1.82) is 0 Å². The van der Waals surface area contributed by atoms with Gasteiger partial charge in [0.25, 0.3) is 0 Å². The minimum absolute atomic E-state index is 0.177. The molecular weight excluding hydrogens is 208 g/mol. The highest BCUT2D eigenvalue weighted by molar-refractivity contribution is 5.95. The number of carbonyl (C=O) groups is 1. The molecule has 0 aliphatic carbocycles. The number of ether oxygens (including phenoxy) is 1. The van der Waals surface area contributed by atoms with Gasteiger partial charge in [-0.1, -0.05) is 0 Å². The van der Waals surface area contributed by atoms with Gasteiger partial charge in [0.1, 0.15) is 0 Å². The SMILES string of the molecule is CCOCCNc1ccc(N)cc1C(=O)O. The Balaban J connectivity index is 2.67. The fourth-order valence-electron chi connectivity index (χ4n) is 1.30. The van der Waals surface area contributed by atoms with E-state index in [1.165, 1.54) is 6.07 Å². The van der Waals surface area contributed by atoms with Gasteiger partial charge in [-0.25, -0.2) is 4.79 Å². The van der Waals surface area contributed by atoms with E-state index in [1.54, 1.807) is 12.1 Å². The van der Waals surface area contributed by atoms with Crippen LogP contribution < -0.4 is 11.1 Å². The topological polar surface area (TPSA) is 84.6 Å². The molecule has 0 amide bonds. The summed E-state index contributed by atoms with van der Waals surface area (Å²) in [6.45, 7) is 3.67. The van der Waals surface area contributed by atoms with E-state index in [0.717, 1.165) is 0 Å². The van der Waals surface area contributed by atoms with E-state index in [-0.39, 0.29) is 5.56 Å². The monoisotopic (exact) mass is 224 g/mol. The third-order valence-electron chi connectivity index (χ3n) is 2.04. The van der Waals surface area contributed by atoms with E-state index in [1.807, 2.05) is 6.92 Å². The van der Waals surface area contributed by atoms with Crippen LogP contribution in [0.4, 0.5) is 11.4 Å². The van der Waals surface area contributed by atoms with Crippen molar-refractivity contribution in [1.82, 2.24) is 0 Å². The average molecular weight is 224 g/mol. The molecule has 5 heteroatoms. The third-order valence-corrected chi connectivity index (χ3v) is 2.04. The molecule has 16 heavy (non-hydrogen) atoms. The summed E-state index contributed by atoms with van der Waals surface area (Å²) >= 11 is 0. The lowest BCUT2D eigenvalue weighted by molar-refractivity contribution is 0.0698. The molecule has 0 aliphatic rings. The van der Waals surface area contributed by atoms with E-state index in [2.05, 4.69) is 5.32 Å². The maximum Gasteiger partial charge on any atom is 0.337 e. The number of anilines is 2. The first-order chi connectivity index (χ1) is 7.65. The second kappa shape index (κ2) is 5.97. The van der Waals surface area contributed by atoms with Crippen molar-refractivity contribution in [3.05, 3.63) is 23.8 Å². The highest BCUT2D eigenvalue weighted by Crippen LogP contribution is 2.18. The van der Waals surface area contributed by atoms with Crippen molar-refractivity contribution in [3.63, 3.8) is 0 Å². The molecule has 4 N–H and O–H groups in total. The number of carboxylic acid groups (broad SMARTS) is 1. The van der Waals surface area contributed by atoms with Crippen LogP contribution >= 0.6 is 0 Å². The van der Waals surface area contributed by atoms with Crippen LogP contribution in [-0.2, 0) is 4.74 Å². The fourth-order valence-corrected chi connectivity index (χ4v) is 1.30. The van der Waals surface area contributed by atoms with Crippen LogP contribution in [0.2, 0.25) is 0 Å². The van der Waals surface area contributed by atoms with Gasteiger partial charge in [0.2, 0.25) is 0 Å². The highest BCUT2D eigenvalue weighted by atomic mass is 16.5. The van der Waals surface area contributed by atoms with E-state index < -0.39 is 5.97 Å². The van der Waals surface area contributed by atoms with Crippen LogP contribution in [0.5, 0.6) is 0 Å². The van der Waals surface area contributed by atoms with Crippen molar-refractivity contribution < 1.29 is 14.6 Å². The van der Waals surface area contributed by atoms with Gasteiger partial charge in [-0.05, 0) is 25.1 Å². The maximum absolute atomic E-state index is 10.9. The summed E-state index contributed by atoms with van der Waals surface area (Å²) in [5, 5.41) is 12.0. The van der Waals surface area contributed by atoms with Gasteiger partial charge in [-0.15, -0.1) is 0 Å². The van der Waals surface area contributed by atoms with Crippen LogP contribution in [0, 0.1) is 0 Å². The summed E-state index contributed by atoms with van der Waals surface area (Å²) in [7, 11) is 0. The molecule has 0 atom stereocenters. The Morgan fingerprint density at radius 1 is 1.56 bits per heavy atom. The molecule has 0 saturated carbocycles. The number of rotatable bonds is 6. The molecular formula is C11H16N2O3. The molecule has 0 heterocycles. The van der Waals surface area contributed by atoms with Crippen LogP contribution in [0.15, 0.2) is 18.2 Å². The molecule has 5 nitrogen and oxygen atoms in total. The Labute approximate surface area is 94.2 Å². The number of nitrogen functional groups attached to an aromatic ring is 1. The molecule has 0 radical (unpaired) electrons. The lowest BCUT2D eigenvalue weighted by atomic mass is 10.1. The zero-order valence-electron chi connectivity index (χ0n) is 9.19. The molecule has 1 aromatic carbocycles. The Kier molecular flexibility index (Phi) is 4.60. The first-order valence-electron chi connectivity index (χ1n) is 5.09. The molecule has 1 aromatic rings. The number of hydrogen-bond acceptors (Lipinski definition) is 4. The molecule has 88 valence electrons. The van der Waals surface area contributed by atoms with Crippen molar-refractivity contribution in [2.24, 2.45) is 0 Å². The van der Waals surface area contributed by atoms with Crippen molar-refractivity contribution in [2.75, 3.05) is 30.8 Å². The minimum Gasteiger partial charge on any atom is -0.478 e. The van der Waals surface area contributed by atoms with Gasteiger partial charge < -0.3 is 20.9 Å². The predicted octanol–water partition coefficient (Wildman–Crippen LogP) is 1.42. The summed E-state index contributed by atoms with van der Waals surface area (Å²) in [5.74, 6) is -0.994. The molecule has 0 aliphatic heterocycles. The van der Waals surface area contributed by atoms with Gasteiger partial charge in [-0.2, -0.15) is 0 Å². The van der Waals surface area contributed by atoms with Crippen LogP contribution in [0.3, 0.4) is 0 Å². The Bertz CT molecular complexity index is 366. The highest BCUT2D eigenvalue weighted by Gasteiger charge is 2.09.